The highest BCUT2D eigenvalue weighted by Crippen LogP contribution is 2.38. The SMILES string of the molecule is COc1ccc(O)cc1.Oc1ccc(C(O)CN2C[C@H]3CCC[C@H]3C2)nc1F. The topological polar surface area (TPSA) is 86.0 Å². The third-order valence-corrected chi connectivity index (χ3v) is 5.50. The summed E-state index contributed by atoms with van der Waals surface area (Å²) in [6, 6.07) is 9.28. The second-order valence-corrected chi connectivity index (χ2v) is 7.43. The summed E-state index contributed by atoms with van der Waals surface area (Å²) in [7, 11) is 1.59. The number of likely N-dealkylation sites (tertiary alicyclic amines) is 1. The van der Waals surface area contributed by atoms with Crippen LogP contribution in [-0.2, 0) is 0 Å². The second-order valence-electron chi connectivity index (χ2n) is 7.43. The van der Waals surface area contributed by atoms with Crippen LogP contribution in [0.15, 0.2) is 36.4 Å². The van der Waals surface area contributed by atoms with E-state index in [0.717, 1.165) is 30.7 Å². The Hall–Kier alpha value is -2.38. The highest BCUT2D eigenvalue weighted by molar-refractivity contribution is 5.29. The van der Waals surface area contributed by atoms with Crippen molar-refractivity contribution in [2.75, 3.05) is 26.7 Å². The van der Waals surface area contributed by atoms with Crippen molar-refractivity contribution in [2.45, 2.75) is 25.4 Å². The first-order chi connectivity index (χ1) is 13.5. The largest absolute Gasteiger partial charge is 0.508 e. The van der Waals surface area contributed by atoms with E-state index in [9.17, 15) is 9.50 Å². The predicted molar refractivity (Wildman–Crippen MR) is 103 cm³/mol. The Morgan fingerprint density at radius 2 is 1.75 bits per heavy atom. The number of aromatic hydroxyl groups is 2. The average Bonchev–Trinajstić information content (AvgIpc) is 3.27. The Balaban J connectivity index is 0.000000211. The van der Waals surface area contributed by atoms with E-state index in [1.54, 1.807) is 31.4 Å². The van der Waals surface area contributed by atoms with Gasteiger partial charge in [-0.05, 0) is 61.1 Å². The Morgan fingerprint density at radius 3 is 2.32 bits per heavy atom. The van der Waals surface area contributed by atoms with Gasteiger partial charge in [0.15, 0.2) is 5.75 Å². The number of hydrogen-bond donors (Lipinski definition) is 3. The van der Waals surface area contributed by atoms with Crippen molar-refractivity contribution in [3.63, 3.8) is 0 Å². The molecule has 1 aromatic carbocycles. The molecule has 2 fully saturated rings. The summed E-state index contributed by atoms with van der Waals surface area (Å²) in [6.07, 6.45) is 3.12. The third kappa shape index (κ3) is 5.11. The summed E-state index contributed by atoms with van der Waals surface area (Å²) < 4.78 is 18.0. The molecule has 2 aliphatic rings. The summed E-state index contributed by atoms with van der Waals surface area (Å²) in [5.41, 5.74) is 0.285. The van der Waals surface area contributed by atoms with Crippen LogP contribution >= 0.6 is 0 Å². The number of β-amino-alcohol motifs (C(OH)–C–C–N with tert-alkyl or cyclic N) is 1. The number of aliphatic hydroxyl groups is 1. The van der Waals surface area contributed by atoms with Gasteiger partial charge in [-0.3, -0.25) is 4.90 Å². The molecule has 1 aliphatic heterocycles. The molecule has 152 valence electrons. The van der Waals surface area contributed by atoms with Gasteiger partial charge in [-0.1, -0.05) is 6.42 Å². The zero-order valence-corrected chi connectivity index (χ0v) is 16.0. The maximum absolute atomic E-state index is 13.2. The molecule has 1 saturated heterocycles. The van der Waals surface area contributed by atoms with Crippen LogP contribution in [0.3, 0.4) is 0 Å². The fourth-order valence-corrected chi connectivity index (χ4v) is 4.03. The van der Waals surface area contributed by atoms with Gasteiger partial charge in [-0.25, -0.2) is 4.98 Å². The number of pyridine rings is 1. The van der Waals surface area contributed by atoms with Crippen LogP contribution in [0.2, 0.25) is 0 Å². The number of benzene rings is 1. The van der Waals surface area contributed by atoms with Gasteiger partial charge in [0.2, 0.25) is 0 Å². The molecule has 0 amide bonds. The van der Waals surface area contributed by atoms with Gasteiger partial charge >= 0.3 is 0 Å². The van der Waals surface area contributed by atoms with Crippen molar-refractivity contribution >= 4 is 0 Å². The standard InChI is InChI=1S/C14H19FN2O2.C7H8O2/c15-14-12(18)5-4-11(16-14)13(19)8-17-6-9-2-1-3-10(9)7-17;1-9-7-4-2-6(8)3-5-7/h4-5,9-10,13,18-19H,1-3,6-8H2;2-5,8H,1H3/t9-,10+,13?;. The first kappa shape index (κ1) is 20.4. The van der Waals surface area contributed by atoms with Gasteiger partial charge in [-0.2, -0.15) is 4.39 Å². The number of fused-ring (bicyclic) bond motifs is 1. The summed E-state index contributed by atoms with van der Waals surface area (Å²) in [5.74, 6) is 1.17. The molecule has 7 heteroatoms. The molecule has 3 N–H and O–H groups in total. The molecule has 28 heavy (non-hydrogen) atoms. The maximum atomic E-state index is 13.2. The fourth-order valence-electron chi connectivity index (χ4n) is 4.03. The summed E-state index contributed by atoms with van der Waals surface area (Å²) in [5, 5.41) is 28.0. The van der Waals surface area contributed by atoms with E-state index in [4.69, 9.17) is 14.9 Å². The lowest BCUT2D eigenvalue weighted by Crippen LogP contribution is -2.27. The molecule has 3 atom stereocenters. The molecule has 1 unspecified atom stereocenters. The number of ether oxygens (including phenoxy) is 1. The van der Waals surface area contributed by atoms with Crippen molar-refractivity contribution in [1.29, 1.82) is 0 Å². The lowest BCUT2D eigenvalue weighted by atomic mass is 10.0. The highest BCUT2D eigenvalue weighted by atomic mass is 19.1. The van der Waals surface area contributed by atoms with Crippen LogP contribution in [0, 0.1) is 17.8 Å². The third-order valence-electron chi connectivity index (χ3n) is 5.50. The number of aliphatic hydroxyl groups excluding tert-OH is 1. The van der Waals surface area contributed by atoms with Crippen molar-refractivity contribution in [3.05, 3.63) is 48.0 Å². The zero-order valence-electron chi connectivity index (χ0n) is 16.0. The van der Waals surface area contributed by atoms with Crippen LogP contribution < -0.4 is 4.74 Å². The molecule has 1 aliphatic carbocycles. The van der Waals surface area contributed by atoms with Crippen molar-refractivity contribution in [2.24, 2.45) is 11.8 Å². The normalized spacial score (nSPS) is 22.2. The molecule has 0 radical (unpaired) electrons. The molecule has 2 heterocycles. The molecule has 1 aromatic heterocycles. The van der Waals surface area contributed by atoms with Crippen LogP contribution in [0.4, 0.5) is 4.39 Å². The van der Waals surface area contributed by atoms with E-state index in [1.807, 2.05) is 0 Å². The molecular formula is C21H27FN2O4. The molecule has 0 spiro atoms. The monoisotopic (exact) mass is 390 g/mol. The molecule has 6 nitrogen and oxygen atoms in total. The first-order valence-electron chi connectivity index (χ1n) is 9.55. The number of phenolic OH excluding ortho intramolecular Hbond substituents is 1. The van der Waals surface area contributed by atoms with Crippen LogP contribution in [0.1, 0.15) is 31.1 Å². The Bertz CT molecular complexity index is 760. The first-order valence-corrected chi connectivity index (χ1v) is 9.55. The maximum Gasteiger partial charge on any atom is 0.255 e. The Labute approximate surface area is 164 Å². The Kier molecular flexibility index (Phi) is 6.70. The minimum atomic E-state index is -0.921. The van der Waals surface area contributed by atoms with Gasteiger partial charge < -0.3 is 20.1 Å². The van der Waals surface area contributed by atoms with E-state index < -0.39 is 17.8 Å². The number of hydrogen-bond acceptors (Lipinski definition) is 6. The minimum Gasteiger partial charge on any atom is -0.508 e. The van der Waals surface area contributed by atoms with Crippen LogP contribution in [-0.4, -0.2) is 51.9 Å². The second kappa shape index (κ2) is 9.21. The van der Waals surface area contributed by atoms with Crippen LogP contribution in [0.25, 0.3) is 0 Å². The number of halogens is 1. The molecule has 1 saturated carbocycles. The van der Waals surface area contributed by atoms with Gasteiger partial charge in [-0.15, -0.1) is 0 Å². The zero-order chi connectivity index (χ0) is 20.1. The number of nitrogens with zero attached hydrogens (tertiary/aromatic N) is 2. The molecule has 0 bridgehead atoms. The van der Waals surface area contributed by atoms with Gasteiger partial charge in [0.05, 0.1) is 12.8 Å². The van der Waals surface area contributed by atoms with E-state index in [0.29, 0.717) is 6.54 Å². The average molecular weight is 390 g/mol. The lowest BCUT2D eigenvalue weighted by molar-refractivity contribution is 0.117. The van der Waals surface area contributed by atoms with Crippen molar-refractivity contribution < 1.29 is 24.4 Å². The summed E-state index contributed by atoms with van der Waals surface area (Å²) in [6.45, 7) is 2.55. The van der Waals surface area contributed by atoms with Crippen molar-refractivity contribution in [1.82, 2.24) is 9.88 Å². The highest BCUT2D eigenvalue weighted by Gasteiger charge is 2.36. The predicted octanol–water partition coefficient (Wildman–Crippen LogP) is 3.09. The summed E-state index contributed by atoms with van der Waals surface area (Å²) >= 11 is 0. The number of methoxy groups -OCH3 is 1. The van der Waals surface area contributed by atoms with E-state index in [1.165, 1.54) is 31.4 Å². The molecular weight excluding hydrogens is 363 g/mol. The fraction of sp³-hybridized carbons (Fsp3) is 0.476. The smallest absolute Gasteiger partial charge is 0.255 e. The van der Waals surface area contributed by atoms with Crippen molar-refractivity contribution in [3.8, 4) is 17.2 Å². The van der Waals surface area contributed by atoms with E-state index >= 15 is 0 Å². The molecule has 2 aromatic rings. The minimum absolute atomic E-state index is 0.260. The van der Waals surface area contributed by atoms with Gasteiger partial charge in [0, 0.05) is 19.6 Å². The van der Waals surface area contributed by atoms with Gasteiger partial charge in [0.1, 0.15) is 17.6 Å². The summed E-state index contributed by atoms with van der Waals surface area (Å²) in [4.78, 5) is 5.84. The van der Waals surface area contributed by atoms with E-state index in [-0.39, 0.29) is 11.4 Å². The quantitative estimate of drug-likeness (QED) is 0.696. The van der Waals surface area contributed by atoms with E-state index in [2.05, 4.69) is 9.88 Å². The lowest BCUT2D eigenvalue weighted by Gasteiger charge is -2.20. The molecule has 4 rings (SSSR count). The Morgan fingerprint density at radius 1 is 1.11 bits per heavy atom. The van der Waals surface area contributed by atoms with Crippen LogP contribution in [0.5, 0.6) is 17.2 Å². The number of phenols is 1. The number of rotatable bonds is 4. The van der Waals surface area contributed by atoms with Gasteiger partial charge in [0.25, 0.3) is 5.95 Å². The number of aromatic nitrogens is 1.